The summed E-state index contributed by atoms with van der Waals surface area (Å²) in [6.07, 6.45) is 2.24. The Hall–Kier alpha value is -1.62. The Morgan fingerprint density at radius 2 is 2.25 bits per heavy atom. The van der Waals surface area contributed by atoms with Gasteiger partial charge < -0.3 is 14.0 Å². The summed E-state index contributed by atoms with van der Waals surface area (Å²) in [4.78, 5) is 4.14. The molecule has 1 atom stereocenters. The zero-order valence-corrected chi connectivity index (χ0v) is 9.30. The van der Waals surface area contributed by atoms with Gasteiger partial charge in [-0.1, -0.05) is 19.0 Å². The molecule has 16 heavy (non-hydrogen) atoms. The summed E-state index contributed by atoms with van der Waals surface area (Å²) >= 11 is 0. The fraction of sp³-hybridized carbons (Fsp3) is 0.455. The van der Waals surface area contributed by atoms with E-state index in [0.717, 1.165) is 17.7 Å². The van der Waals surface area contributed by atoms with E-state index in [-0.39, 0.29) is 0 Å². The average molecular weight is 222 g/mol. The van der Waals surface area contributed by atoms with Gasteiger partial charge in [-0.15, -0.1) is 0 Å². The first-order valence-electron chi connectivity index (χ1n) is 5.34. The standard InChI is InChI=1S/C11H14N2O3/c1-3-8(14)10-12-11(16-13-10)7-5-6-15-9(7)4-2/h5-6,8,14H,3-4H2,1-2H3. The Labute approximate surface area is 93.1 Å². The monoisotopic (exact) mass is 222 g/mol. The van der Waals surface area contributed by atoms with E-state index < -0.39 is 6.10 Å². The minimum absolute atomic E-state index is 0.320. The number of nitrogens with zero attached hydrogens (tertiary/aromatic N) is 2. The van der Waals surface area contributed by atoms with Gasteiger partial charge in [0, 0.05) is 6.42 Å². The molecule has 2 heterocycles. The molecule has 0 spiro atoms. The molecule has 0 aliphatic heterocycles. The van der Waals surface area contributed by atoms with E-state index in [9.17, 15) is 5.11 Å². The number of hydrogen-bond acceptors (Lipinski definition) is 5. The molecule has 0 aromatic carbocycles. The summed E-state index contributed by atoms with van der Waals surface area (Å²) in [5.41, 5.74) is 0.796. The number of hydrogen-bond donors (Lipinski definition) is 1. The summed E-state index contributed by atoms with van der Waals surface area (Å²) in [5, 5.41) is 13.3. The molecule has 0 bridgehead atoms. The van der Waals surface area contributed by atoms with Crippen molar-refractivity contribution in [1.29, 1.82) is 0 Å². The minimum Gasteiger partial charge on any atom is -0.469 e. The second-order valence-corrected chi connectivity index (χ2v) is 3.49. The van der Waals surface area contributed by atoms with Gasteiger partial charge in [0.2, 0.25) is 5.82 Å². The summed E-state index contributed by atoms with van der Waals surface area (Å²) in [6, 6.07) is 1.79. The molecule has 0 fully saturated rings. The predicted molar refractivity (Wildman–Crippen MR) is 56.6 cm³/mol. The van der Waals surface area contributed by atoms with Crippen molar-refractivity contribution in [3.8, 4) is 11.5 Å². The molecular weight excluding hydrogens is 208 g/mol. The average Bonchev–Trinajstić information content (AvgIpc) is 2.95. The quantitative estimate of drug-likeness (QED) is 0.859. The van der Waals surface area contributed by atoms with Gasteiger partial charge in [-0.25, -0.2) is 0 Å². The zero-order valence-electron chi connectivity index (χ0n) is 9.30. The maximum absolute atomic E-state index is 9.56. The highest BCUT2D eigenvalue weighted by atomic mass is 16.5. The van der Waals surface area contributed by atoms with Crippen molar-refractivity contribution in [3.05, 3.63) is 23.9 Å². The van der Waals surface area contributed by atoms with Crippen molar-refractivity contribution >= 4 is 0 Å². The lowest BCUT2D eigenvalue weighted by molar-refractivity contribution is 0.159. The van der Waals surface area contributed by atoms with Crippen molar-refractivity contribution in [2.45, 2.75) is 32.8 Å². The Kier molecular flexibility index (Phi) is 3.05. The van der Waals surface area contributed by atoms with Crippen LogP contribution in [-0.4, -0.2) is 15.2 Å². The van der Waals surface area contributed by atoms with Gasteiger partial charge in [0.05, 0.1) is 11.8 Å². The van der Waals surface area contributed by atoms with Crippen LogP contribution in [0, 0.1) is 0 Å². The molecular formula is C11H14N2O3. The number of aryl methyl sites for hydroxylation is 1. The highest BCUT2D eigenvalue weighted by molar-refractivity contribution is 5.55. The maximum Gasteiger partial charge on any atom is 0.261 e. The topological polar surface area (TPSA) is 72.3 Å². The fourth-order valence-electron chi connectivity index (χ4n) is 1.47. The molecule has 2 aromatic heterocycles. The largest absolute Gasteiger partial charge is 0.469 e. The van der Waals surface area contributed by atoms with Gasteiger partial charge in [-0.05, 0) is 12.5 Å². The summed E-state index contributed by atoms with van der Waals surface area (Å²) < 4.78 is 10.4. The van der Waals surface area contributed by atoms with Crippen LogP contribution in [0.5, 0.6) is 0 Å². The maximum atomic E-state index is 9.56. The van der Waals surface area contributed by atoms with Crippen LogP contribution in [0.3, 0.4) is 0 Å². The first-order valence-corrected chi connectivity index (χ1v) is 5.34. The third-order valence-electron chi connectivity index (χ3n) is 2.42. The molecule has 0 saturated heterocycles. The van der Waals surface area contributed by atoms with Crippen molar-refractivity contribution in [1.82, 2.24) is 10.1 Å². The van der Waals surface area contributed by atoms with Crippen molar-refractivity contribution in [2.75, 3.05) is 0 Å². The number of aliphatic hydroxyl groups is 1. The third-order valence-corrected chi connectivity index (χ3v) is 2.42. The van der Waals surface area contributed by atoms with E-state index in [1.807, 2.05) is 13.8 Å². The first kappa shape index (κ1) is 10.9. The van der Waals surface area contributed by atoms with Crippen LogP contribution in [0.4, 0.5) is 0 Å². The molecule has 86 valence electrons. The summed E-state index contributed by atoms with van der Waals surface area (Å²) in [7, 11) is 0. The fourth-order valence-corrected chi connectivity index (χ4v) is 1.47. The van der Waals surface area contributed by atoms with Crippen molar-refractivity contribution in [3.63, 3.8) is 0 Å². The first-order chi connectivity index (χ1) is 7.76. The molecule has 2 aromatic rings. The van der Waals surface area contributed by atoms with Crippen LogP contribution < -0.4 is 0 Å². The van der Waals surface area contributed by atoms with E-state index in [0.29, 0.717) is 18.1 Å². The number of rotatable bonds is 4. The van der Waals surface area contributed by atoms with Crippen LogP contribution in [0.2, 0.25) is 0 Å². The normalized spacial score (nSPS) is 12.9. The summed E-state index contributed by atoms with van der Waals surface area (Å²) in [6.45, 7) is 3.84. The minimum atomic E-state index is -0.672. The summed E-state index contributed by atoms with van der Waals surface area (Å²) in [5.74, 6) is 1.52. The molecule has 0 radical (unpaired) electrons. The van der Waals surface area contributed by atoms with Crippen LogP contribution in [0.15, 0.2) is 21.3 Å². The molecule has 0 amide bonds. The molecule has 5 heteroatoms. The Morgan fingerprint density at radius 1 is 1.44 bits per heavy atom. The highest BCUT2D eigenvalue weighted by Gasteiger charge is 2.17. The SMILES string of the molecule is CCc1occc1-c1nc(C(O)CC)no1. The number of aliphatic hydroxyl groups excluding tert-OH is 1. The highest BCUT2D eigenvalue weighted by Crippen LogP contribution is 2.25. The van der Waals surface area contributed by atoms with E-state index in [2.05, 4.69) is 10.1 Å². The third kappa shape index (κ3) is 1.86. The lowest BCUT2D eigenvalue weighted by Crippen LogP contribution is -1.97. The van der Waals surface area contributed by atoms with Gasteiger partial charge in [-0.3, -0.25) is 0 Å². The lowest BCUT2D eigenvalue weighted by Gasteiger charge is -1.98. The van der Waals surface area contributed by atoms with Crippen LogP contribution >= 0.6 is 0 Å². The van der Waals surface area contributed by atoms with Gasteiger partial charge in [-0.2, -0.15) is 4.98 Å². The molecule has 0 aliphatic carbocycles. The van der Waals surface area contributed by atoms with E-state index in [1.54, 1.807) is 12.3 Å². The number of aromatic nitrogens is 2. The van der Waals surface area contributed by atoms with E-state index in [4.69, 9.17) is 8.94 Å². The second kappa shape index (κ2) is 4.49. The predicted octanol–water partition coefficient (Wildman–Crippen LogP) is 2.34. The zero-order chi connectivity index (χ0) is 11.5. The van der Waals surface area contributed by atoms with E-state index >= 15 is 0 Å². The Balaban J connectivity index is 2.31. The molecule has 5 nitrogen and oxygen atoms in total. The smallest absolute Gasteiger partial charge is 0.261 e. The van der Waals surface area contributed by atoms with Gasteiger partial charge >= 0.3 is 0 Å². The molecule has 2 rings (SSSR count). The molecule has 1 unspecified atom stereocenters. The second-order valence-electron chi connectivity index (χ2n) is 3.49. The van der Waals surface area contributed by atoms with Crippen molar-refractivity contribution < 1.29 is 14.0 Å². The van der Waals surface area contributed by atoms with Gasteiger partial charge in [0.15, 0.2) is 0 Å². The Bertz CT molecular complexity index is 461. The van der Waals surface area contributed by atoms with E-state index in [1.165, 1.54) is 0 Å². The molecule has 1 N–H and O–H groups in total. The van der Waals surface area contributed by atoms with Crippen LogP contribution in [0.25, 0.3) is 11.5 Å². The lowest BCUT2D eigenvalue weighted by atomic mass is 10.2. The molecule has 0 aliphatic rings. The van der Waals surface area contributed by atoms with Gasteiger partial charge in [0.25, 0.3) is 5.89 Å². The van der Waals surface area contributed by atoms with Crippen molar-refractivity contribution in [2.24, 2.45) is 0 Å². The number of furan rings is 1. The van der Waals surface area contributed by atoms with Crippen LogP contribution in [-0.2, 0) is 6.42 Å². The van der Waals surface area contributed by atoms with Gasteiger partial charge in [0.1, 0.15) is 11.9 Å². The Morgan fingerprint density at radius 3 is 2.94 bits per heavy atom. The van der Waals surface area contributed by atoms with Crippen LogP contribution in [0.1, 0.15) is 38.0 Å². The molecule has 0 saturated carbocycles.